The van der Waals surface area contributed by atoms with Gasteiger partial charge in [0.05, 0.1) is 17.2 Å². The molecule has 0 aliphatic heterocycles. The Labute approximate surface area is 188 Å². The first-order valence-electron chi connectivity index (χ1n) is 8.74. The van der Waals surface area contributed by atoms with Crippen LogP contribution < -0.4 is 19.9 Å². The zero-order valence-electron chi connectivity index (χ0n) is 16.3. The van der Waals surface area contributed by atoms with E-state index in [-0.39, 0.29) is 32.6 Å². The number of rotatable bonds is 7. The second-order valence-electron chi connectivity index (χ2n) is 6.29. The van der Waals surface area contributed by atoms with Gasteiger partial charge in [-0.25, -0.2) is 8.42 Å². The Morgan fingerprint density at radius 2 is 1.77 bits per heavy atom. The summed E-state index contributed by atoms with van der Waals surface area (Å²) in [7, 11) is -3.05. The first kappa shape index (κ1) is 23.0. The van der Waals surface area contributed by atoms with E-state index in [4.69, 9.17) is 38.4 Å². The van der Waals surface area contributed by atoms with Crippen LogP contribution in [0.1, 0.15) is 18.5 Å². The Kier molecular flexibility index (Phi) is 6.85. The molecule has 0 saturated carbocycles. The molecule has 0 aliphatic carbocycles. The smallest absolute Gasteiger partial charge is 0.279 e. The Bertz CT molecular complexity index is 1210. The molecule has 0 amide bonds. The number of aromatic nitrogens is 2. The maximum atomic E-state index is 14.5. The second-order valence-corrected chi connectivity index (χ2v) is 8.73. The predicted octanol–water partition coefficient (Wildman–Crippen LogP) is 4.54. The van der Waals surface area contributed by atoms with E-state index in [0.29, 0.717) is 0 Å². The van der Waals surface area contributed by atoms with Crippen LogP contribution >= 0.6 is 23.2 Å². The average Bonchev–Trinajstić information content (AvgIpc) is 2.72. The predicted molar refractivity (Wildman–Crippen MR) is 115 cm³/mol. The number of ether oxygens (including phenoxy) is 2. The van der Waals surface area contributed by atoms with Gasteiger partial charge in [0.2, 0.25) is 5.82 Å². The quantitative estimate of drug-likeness (QED) is 0.503. The van der Waals surface area contributed by atoms with Gasteiger partial charge in [0.1, 0.15) is 10.6 Å². The standard InChI is InChI=1S/C19H17Cl2FN4O4S/c1-10(23)11-6-8-12(9-7-11)30-18-16(22)24-17(19(25-18)29-2)26-31(27,28)14-5-3-4-13(20)15(14)21/h3-10H,23H2,1-2H3,(H,24,26)/t10-/m0/s1. The van der Waals surface area contributed by atoms with Gasteiger partial charge in [0, 0.05) is 6.04 Å². The molecule has 0 bridgehead atoms. The number of halogens is 3. The van der Waals surface area contributed by atoms with Crippen molar-refractivity contribution < 1.29 is 22.3 Å². The summed E-state index contributed by atoms with van der Waals surface area (Å²) in [6.07, 6.45) is 0. The number of nitrogens with zero attached hydrogens (tertiary/aromatic N) is 2. The molecule has 3 aromatic rings. The molecular weight excluding hydrogens is 470 g/mol. The number of hydrogen-bond acceptors (Lipinski definition) is 7. The summed E-state index contributed by atoms with van der Waals surface area (Å²) >= 11 is 11.8. The molecule has 12 heteroatoms. The fraction of sp³-hybridized carbons (Fsp3) is 0.158. The van der Waals surface area contributed by atoms with Crippen LogP contribution in [0.3, 0.4) is 0 Å². The van der Waals surface area contributed by atoms with Crippen molar-refractivity contribution in [3.05, 3.63) is 64.0 Å². The number of anilines is 1. The molecule has 1 aromatic heterocycles. The van der Waals surface area contributed by atoms with Gasteiger partial charge in [0.15, 0.2) is 0 Å². The number of nitrogens with one attached hydrogen (secondary N) is 1. The minimum absolute atomic E-state index is 0.0348. The average molecular weight is 487 g/mol. The Morgan fingerprint density at radius 1 is 1.10 bits per heavy atom. The Balaban J connectivity index is 1.91. The van der Waals surface area contributed by atoms with Gasteiger partial charge in [-0.15, -0.1) is 0 Å². The van der Waals surface area contributed by atoms with Gasteiger partial charge in [0.25, 0.3) is 27.7 Å². The van der Waals surface area contributed by atoms with E-state index < -0.39 is 27.7 Å². The lowest BCUT2D eigenvalue weighted by Gasteiger charge is -2.13. The van der Waals surface area contributed by atoms with Gasteiger partial charge < -0.3 is 15.2 Å². The highest BCUT2D eigenvalue weighted by molar-refractivity contribution is 7.92. The van der Waals surface area contributed by atoms with E-state index in [1.165, 1.54) is 25.3 Å². The van der Waals surface area contributed by atoms with Crippen molar-refractivity contribution in [2.24, 2.45) is 5.73 Å². The van der Waals surface area contributed by atoms with Crippen molar-refractivity contribution >= 4 is 39.0 Å². The molecule has 164 valence electrons. The van der Waals surface area contributed by atoms with Crippen LogP contribution in [0.25, 0.3) is 0 Å². The molecule has 0 spiro atoms. The largest absolute Gasteiger partial charge is 0.478 e. The van der Waals surface area contributed by atoms with Crippen molar-refractivity contribution in [3.8, 4) is 17.5 Å². The molecule has 2 aromatic carbocycles. The molecule has 1 atom stereocenters. The molecule has 31 heavy (non-hydrogen) atoms. The van der Waals surface area contributed by atoms with Gasteiger partial charge >= 0.3 is 0 Å². The molecule has 0 fully saturated rings. The van der Waals surface area contributed by atoms with Crippen molar-refractivity contribution in [2.75, 3.05) is 11.8 Å². The Morgan fingerprint density at radius 3 is 2.39 bits per heavy atom. The number of sulfonamides is 1. The molecule has 8 nitrogen and oxygen atoms in total. The number of methoxy groups -OCH3 is 1. The summed E-state index contributed by atoms with van der Waals surface area (Å²) < 4.78 is 52.4. The second kappa shape index (κ2) is 9.23. The topological polar surface area (TPSA) is 116 Å². The molecule has 3 rings (SSSR count). The zero-order valence-corrected chi connectivity index (χ0v) is 18.6. The van der Waals surface area contributed by atoms with Gasteiger partial charge in [-0.05, 0) is 36.8 Å². The lowest BCUT2D eigenvalue weighted by molar-refractivity contribution is 0.364. The minimum atomic E-state index is -4.27. The van der Waals surface area contributed by atoms with E-state index in [2.05, 4.69) is 14.7 Å². The van der Waals surface area contributed by atoms with Crippen LogP contribution in [0.4, 0.5) is 10.2 Å². The summed E-state index contributed by atoms with van der Waals surface area (Å²) in [4.78, 5) is 7.13. The minimum Gasteiger partial charge on any atom is -0.478 e. The molecule has 1 heterocycles. The number of benzene rings is 2. The van der Waals surface area contributed by atoms with Crippen LogP contribution in [-0.4, -0.2) is 25.5 Å². The van der Waals surface area contributed by atoms with Crippen LogP contribution in [0.2, 0.25) is 10.0 Å². The first-order chi connectivity index (χ1) is 14.6. The summed E-state index contributed by atoms with van der Waals surface area (Å²) in [5.74, 6) is -2.19. The monoisotopic (exact) mass is 486 g/mol. The zero-order chi connectivity index (χ0) is 22.8. The van der Waals surface area contributed by atoms with Crippen molar-refractivity contribution in [2.45, 2.75) is 17.9 Å². The van der Waals surface area contributed by atoms with Crippen LogP contribution in [0.5, 0.6) is 17.5 Å². The van der Waals surface area contributed by atoms with E-state index in [1.54, 1.807) is 24.3 Å². The highest BCUT2D eigenvalue weighted by Gasteiger charge is 2.24. The lowest BCUT2D eigenvalue weighted by Crippen LogP contribution is -2.16. The van der Waals surface area contributed by atoms with Gasteiger partial charge in [-0.3, -0.25) is 4.72 Å². The SMILES string of the molecule is COc1nc(Oc2ccc([C@H](C)N)cc2)c(F)nc1NS(=O)(=O)c1cccc(Cl)c1Cl. The summed E-state index contributed by atoms with van der Waals surface area (Å²) in [6.45, 7) is 1.82. The summed E-state index contributed by atoms with van der Waals surface area (Å²) in [5, 5.41) is -0.160. The van der Waals surface area contributed by atoms with Crippen molar-refractivity contribution in [1.82, 2.24) is 9.97 Å². The Hall–Kier alpha value is -2.66. The molecule has 0 radical (unpaired) electrons. The van der Waals surface area contributed by atoms with Crippen LogP contribution in [-0.2, 0) is 10.0 Å². The van der Waals surface area contributed by atoms with E-state index >= 15 is 0 Å². The number of hydrogen-bond donors (Lipinski definition) is 2. The van der Waals surface area contributed by atoms with Gasteiger partial charge in [-0.2, -0.15) is 14.4 Å². The highest BCUT2D eigenvalue weighted by Crippen LogP contribution is 2.33. The van der Waals surface area contributed by atoms with E-state index in [0.717, 1.165) is 5.56 Å². The first-order valence-corrected chi connectivity index (χ1v) is 11.0. The fourth-order valence-electron chi connectivity index (χ4n) is 2.48. The van der Waals surface area contributed by atoms with E-state index in [1.807, 2.05) is 6.92 Å². The summed E-state index contributed by atoms with van der Waals surface area (Å²) in [5.41, 5.74) is 6.66. The third-order valence-corrected chi connectivity index (χ3v) is 6.35. The van der Waals surface area contributed by atoms with Crippen molar-refractivity contribution in [3.63, 3.8) is 0 Å². The van der Waals surface area contributed by atoms with Crippen molar-refractivity contribution in [1.29, 1.82) is 0 Å². The molecule has 0 saturated heterocycles. The van der Waals surface area contributed by atoms with Crippen LogP contribution in [0.15, 0.2) is 47.4 Å². The normalized spacial score (nSPS) is 12.3. The highest BCUT2D eigenvalue weighted by atomic mass is 35.5. The maximum absolute atomic E-state index is 14.5. The fourth-order valence-corrected chi connectivity index (χ4v) is 4.25. The molecule has 3 N–H and O–H groups in total. The molecule has 0 aliphatic rings. The van der Waals surface area contributed by atoms with Crippen LogP contribution in [0, 0.1) is 5.95 Å². The molecular formula is C19H17Cl2FN4O4S. The molecule has 0 unspecified atom stereocenters. The third-order valence-electron chi connectivity index (χ3n) is 4.04. The van der Waals surface area contributed by atoms with Gasteiger partial charge in [-0.1, -0.05) is 41.4 Å². The maximum Gasteiger partial charge on any atom is 0.279 e. The number of nitrogens with two attached hydrogens (primary N) is 1. The lowest BCUT2D eigenvalue weighted by atomic mass is 10.1. The summed E-state index contributed by atoms with van der Waals surface area (Å²) in [6, 6.07) is 10.5. The van der Waals surface area contributed by atoms with E-state index in [9.17, 15) is 12.8 Å². The third kappa shape index (κ3) is 5.16.